The van der Waals surface area contributed by atoms with Crippen molar-refractivity contribution in [1.29, 1.82) is 0 Å². The van der Waals surface area contributed by atoms with Gasteiger partial charge < -0.3 is 15.8 Å². The Kier molecular flexibility index (Phi) is 7.63. The van der Waals surface area contributed by atoms with Crippen molar-refractivity contribution >= 4 is 29.5 Å². The smallest absolute Gasteiger partial charge is 0.313 e. The summed E-state index contributed by atoms with van der Waals surface area (Å²) in [5, 5.41) is 2.59. The van der Waals surface area contributed by atoms with Gasteiger partial charge in [-0.05, 0) is 36.8 Å². The molecule has 0 aliphatic carbocycles. The van der Waals surface area contributed by atoms with Gasteiger partial charge in [0.25, 0.3) is 5.91 Å². The van der Waals surface area contributed by atoms with Crippen LogP contribution in [-0.4, -0.2) is 23.8 Å². The predicted octanol–water partition coefficient (Wildman–Crippen LogP) is 3.14. The highest BCUT2D eigenvalue weighted by Crippen LogP contribution is 2.27. The van der Waals surface area contributed by atoms with Crippen LogP contribution in [0.15, 0.2) is 53.4 Å². The van der Waals surface area contributed by atoms with Gasteiger partial charge in [-0.1, -0.05) is 38.1 Å². The SMILES string of the molecule is CC(C)C(=O)Oc1ccc(CSc2ccccc2C(=O)NC(C)C(N)=O)cc1. The van der Waals surface area contributed by atoms with E-state index in [1.807, 2.05) is 24.3 Å². The number of ether oxygens (including phenoxy) is 1. The van der Waals surface area contributed by atoms with E-state index in [0.717, 1.165) is 10.5 Å². The molecule has 0 saturated carbocycles. The largest absolute Gasteiger partial charge is 0.426 e. The van der Waals surface area contributed by atoms with Gasteiger partial charge in [-0.3, -0.25) is 14.4 Å². The van der Waals surface area contributed by atoms with Crippen LogP contribution in [0.4, 0.5) is 0 Å². The summed E-state index contributed by atoms with van der Waals surface area (Å²) in [6.45, 7) is 5.11. The summed E-state index contributed by atoms with van der Waals surface area (Å²) < 4.78 is 5.26. The van der Waals surface area contributed by atoms with Gasteiger partial charge in [0.05, 0.1) is 11.5 Å². The first-order valence-electron chi connectivity index (χ1n) is 8.90. The van der Waals surface area contributed by atoms with Crippen LogP contribution in [-0.2, 0) is 15.3 Å². The monoisotopic (exact) mass is 400 g/mol. The van der Waals surface area contributed by atoms with Crippen molar-refractivity contribution in [1.82, 2.24) is 5.32 Å². The van der Waals surface area contributed by atoms with E-state index in [0.29, 0.717) is 17.1 Å². The van der Waals surface area contributed by atoms with E-state index in [2.05, 4.69) is 5.32 Å². The Morgan fingerprint density at radius 3 is 2.29 bits per heavy atom. The number of benzene rings is 2. The summed E-state index contributed by atoms with van der Waals surface area (Å²) in [7, 11) is 0. The second-order valence-corrected chi connectivity index (χ2v) is 7.62. The molecule has 0 aromatic heterocycles. The minimum atomic E-state index is -0.744. The van der Waals surface area contributed by atoms with Crippen LogP contribution in [0.2, 0.25) is 0 Å². The van der Waals surface area contributed by atoms with E-state index in [4.69, 9.17) is 10.5 Å². The lowest BCUT2D eigenvalue weighted by Crippen LogP contribution is -2.42. The van der Waals surface area contributed by atoms with Gasteiger partial charge in [-0.2, -0.15) is 0 Å². The molecule has 6 nitrogen and oxygen atoms in total. The Morgan fingerprint density at radius 2 is 1.68 bits per heavy atom. The third kappa shape index (κ3) is 6.13. The first kappa shape index (κ1) is 21.5. The third-order valence-electron chi connectivity index (χ3n) is 3.91. The summed E-state index contributed by atoms with van der Waals surface area (Å²) in [5.74, 6) is -0.245. The molecule has 0 spiro atoms. The highest BCUT2D eigenvalue weighted by molar-refractivity contribution is 7.98. The molecule has 0 aliphatic heterocycles. The average molecular weight is 401 g/mol. The molecule has 0 saturated heterocycles. The molecule has 2 amide bonds. The lowest BCUT2D eigenvalue weighted by Gasteiger charge is -2.13. The number of carbonyl (C=O) groups is 3. The van der Waals surface area contributed by atoms with Gasteiger partial charge in [0.1, 0.15) is 11.8 Å². The van der Waals surface area contributed by atoms with Crippen molar-refractivity contribution < 1.29 is 19.1 Å². The zero-order valence-corrected chi connectivity index (χ0v) is 16.9. The van der Waals surface area contributed by atoms with Crippen LogP contribution in [0.25, 0.3) is 0 Å². The van der Waals surface area contributed by atoms with Crippen LogP contribution in [0.5, 0.6) is 5.75 Å². The minimum absolute atomic E-state index is 0.185. The van der Waals surface area contributed by atoms with Crippen molar-refractivity contribution in [2.24, 2.45) is 11.7 Å². The number of primary amides is 1. The molecule has 0 aliphatic rings. The average Bonchev–Trinajstić information content (AvgIpc) is 2.67. The van der Waals surface area contributed by atoms with Gasteiger partial charge in [0, 0.05) is 10.6 Å². The zero-order valence-electron chi connectivity index (χ0n) is 16.1. The summed E-state index contributed by atoms with van der Waals surface area (Å²) in [6, 6.07) is 13.7. The molecule has 2 aromatic carbocycles. The molecule has 7 heteroatoms. The van der Waals surface area contributed by atoms with Crippen molar-refractivity contribution in [2.45, 2.75) is 37.5 Å². The molecule has 0 fully saturated rings. The fourth-order valence-corrected chi connectivity index (χ4v) is 3.18. The van der Waals surface area contributed by atoms with Crippen LogP contribution in [0, 0.1) is 5.92 Å². The maximum atomic E-state index is 12.4. The summed E-state index contributed by atoms with van der Waals surface area (Å²) in [5.41, 5.74) is 6.72. The number of rotatable bonds is 8. The molecule has 28 heavy (non-hydrogen) atoms. The molecule has 2 aromatic rings. The van der Waals surface area contributed by atoms with Crippen LogP contribution >= 0.6 is 11.8 Å². The Labute approximate surface area is 168 Å². The van der Waals surface area contributed by atoms with Crippen LogP contribution in [0.3, 0.4) is 0 Å². The number of hydrogen-bond donors (Lipinski definition) is 2. The molecule has 0 radical (unpaired) electrons. The van der Waals surface area contributed by atoms with E-state index in [1.165, 1.54) is 11.8 Å². The van der Waals surface area contributed by atoms with Crippen molar-refractivity contribution in [3.63, 3.8) is 0 Å². The quantitative estimate of drug-likeness (QED) is 0.403. The number of esters is 1. The lowest BCUT2D eigenvalue weighted by atomic mass is 10.2. The van der Waals surface area contributed by atoms with E-state index >= 15 is 0 Å². The number of thioether (sulfide) groups is 1. The van der Waals surface area contributed by atoms with Crippen LogP contribution in [0.1, 0.15) is 36.7 Å². The Morgan fingerprint density at radius 1 is 1.04 bits per heavy atom. The fourth-order valence-electron chi connectivity index (χ4n) is 2.17. The Hall–Kier alpha value is -2.80. The molecule has 1 atom stereocenters. The van der Waals surface area contributed by atoms with Gasteiger partial charge in [0.2, 0.25) is 5.91 Å². The molecule has 2 rings (SSSR count). The normalized spacial score (nSPS) is 11.7. The first-order chi connectivity index (χ1) is 13.3. The zero-order chi connectivity index (χ0) is 20.7. The predicted molar refractivity (Wildman–Crippen MR) is 109 cm³/mol. The topological polar surface area (TPSA) is 98.5 Å². The summed E-state index contributed by atoms with van der Waals surface area (Å²) >= 11 is 1.50. The Bertz CT molecular complexity index is 850. The van der Waals surface area contributed by atoms with E-state index < -0.39 is 11.9 Å². The minimum Gasteiger partial charge on any atom is -0.426 e. The Balaban J connectivity index is 2.02. The molecular weight excluding hydrogens is 376 g/mol. The van der Waals surface area contributed by atoms with Gasteiger partial charge in [-0.25, -0.2) is 0 Å². The lowest BCUT2D eigenvalue weighted by molar-refractivity contribution is -0.137. The maximum absolute atomic E-state index is 12.4. The molecule has 148 valence electrons. The van der Waals surface area contributed by atoms with Gasteiger partial charge in [-0.15, -0.1) is 11.8 Å². The summed E-state index contributed by atoms with van der Waals surface area (Å²) in [4.78, 5) is 36.0. The third-order valence-corrected chi connectivity index (χ3v) is 5.06. The molecule has 1 unspecified atom stereocenters. The fraction of sp³-hybridized carbons (Fsp3) is 0.286. The van der Waals surface area contributed by atoms with Gasteiger partial charge in [0.15, 0.2) is 0 Å². The maximum Gasteiger partial charge on any atom is 0.313 e. The summed E-state index contributed by atoms with van der Waals surface area (Å²) in [6.07, 6.45) is 0. The molecule has 3 N–H and O–H groups in total. The van der Waals surface area contributed by atoms with E-state index in [1.54, 1.807) is 45.0 Å². The number of hydrogen-bond acceptors (Lipinski definition) is 5. The van der Waals surface area contributed by atoms with Crippen molar-refractivity contribution in [2.75, 3.05) is 0 Å². The van der Waals surface area contributed by atoms with Crippen molar-refractivity contribution in [3.05, 3.63) is 59.7 Å². The number of nitrogens with one attached hydrogen (secondary N) is 1. The van der Waals surface area contributed by atoms with E-state index in [9.17, 15) is 14.4 Å². The number of amides is 2. The van der Waals surface area contributed by atoms with E-state index in [-0.39, 0.29) is 17.8 Å². The number of carbonyl (C=O) groups excluding carboxylic acids is 3. The van der Waals surface area contributed by atoms with Gasteiger partial charge >= 0.3 is 5.97 Å². The van der Waals surface area contributed by atoms with Crippen LogP contribution < -0.4 is 15.8 Å². The van der Waals surface area contributed by atoms with Crippen molar-refractivity contribution in [3.8, 4) is 5.75 Å². The first-order valence-corrected chi connectivity index (χ1v) is 9.89. The molecule has 0 heterocycles. The second kappa shape index (κ2) is 9.94. The highest BCUT2D eigenvalue weighted by Gasteiger charge is 2.16. The standard InChI is InChI=1S/C21H24N2O4S/c1-13(2)21(26)27-16-10-8-15(9-11-16)12-28-18-7-5-4-6-17(18)20(25)23-14(3)19(22)24/h4-11,13-14H,12H2,1-3H3,(H2,22,24)(H,23,25). The number of nitrogens with two attached hydrogens (primary N) is 1. The second-order valence-electron chi connectivity index (χ2n) is 6.60. The molecular formula is C21H24N2O4S. The molecule has 0 bridgehead atoms. The highest BCUT2D eigenvalue weighted by atomic mass is 32.2.